The summed E-state index contributed by atoms with van der Waals surface area (Å²) in [6.07, 6.45) is 3.82. The van der Waals surface area contributed by atoms with Crippen molar-refractivity contribution in [3.63, 3.8) is 0 Å². The number of hydrogen-bond donors (Lipinski definition) is 2. The largest absolute Gasteiger partial charge is 0.461 e. The number of aliphatic hydroxyl groups is 1. The van der Waals surface area contributed by atoms with Crippen molar-refractivity contribution in [2.75, 3.05) is 50.8 Å². The topological polar surface area (TPSA) is 124 Å². The second-order valence-electron chi connectivity index (χ2n) is 15.3. The van der Waals surface area contributed by atoms with Gasteiger partial charge in [-0.25, -0.2) is 13.2 Å². The molecule has 0 spiro atoms. The molecule has 0 saturated carbocycles. The summed E-state index contributed by atoms with van der Waals surface area (Å²) in [6.45, 7) is 5.94. The number of nitrogens with two attached hydrogens (primary N) is 1. The number of rotatable bonds is 8. The summed E-state index contributed by atoms with van der Waals surface area (Å²) in [5.41, 5.74) is 7.19. The Bertz CT molecular complexity index is 1950. The minimum Gasteiger partial charge on any atom is -0.461 e. The molecule has 9 rings (SSSR count). The highest BCUT2D eigenvalue weighted by Crippen LogP contribution is 2.54. The number of hydrogen-bond acceptors (Lipinski definition) is 11. The quantitative estimate of drug-likeness (QED) is 0.335. The Balaban J connectivity index is 1.22. The minimum absolute atomic E-state index is 0.0376. The van der Waals surface area contributed by atoms with Crippen LogP contribution in [0.1, 0.15) is 62.1 Å². The van der Waals surface area contributed by atoms with Gasteiger partial charge in [0, 0.05) is 56.9 Å². The van der Waals surface area contributed by atoms with Crippen LogP contribution in [0, 0.1) is 23.0 Å². The number of thioether (sulfide) groups is 1. The number of aliphatic hydroxyl groups excluding tert-OH is 1. The smallest absolute Gasteiger partial charge is 0.319 e. The SMILES string of the molecule is CC1(C#N)c2c(-c3c4c(c5c(N6C7CCC6CN(CCCO)C7)nc(OC[C@@]67CCCN6C[C@H](F)C7)nc5c3F)COC4)ccc(F)c2SC1N. The molecular formula is C37H42F3N7O3S. The highest BCUT2D eigenvalue weighted by atomic mass is 32.2. The van der Waals surface area contributed by atoms with E-state index in [0.29, 0.717) is 47.3 Å². The number of ether oxygens (including phenoxy) is 2. The summed E-state index contributed by atoms with van der Waals surface area (Å²) in [4.78, 5) is 17.0. The number of benzene rings is 2. The number of aromatic nitrogens is 2. The molecule has 10 nitrogen and oxygen atoms in total. The molecule has 270 valence electrons. The predicted octanol–water partition coefficient (Wildman–Crippen LogP) is 4.77. The molecule has 14 heteroatoms. The third-order valence-corrected chi connectivity index (χ3v) is 13.7. The lowest BCUT2D eigenvalue weighted by molar-refractivity contribution is 0.107. The molecule has 1 aromatic heterocycles. The molecule has 4 unspecified atom stereocenters. The maximum absolute atomic E-state index is 17.7. The highest BCUT2D eigenvalue weighted by molar-refractivity contribution is 8.00. The summed E-state index contributed by atoms with van der Waals surface area (Å²) in [7, 11) is 0. The van der Waals surface area contributed by atoms with Gasteiger partial charge in [-0.3, -0.25) is 9.80 Å². The van der Waals surface area contributed by atoms with Crippen molar-refractivity contribution >= 4 is 28.5 Å². The van der Waals surface area contributed by atoms with E-state index in [1.807, 2.05) is 0 Å². The van der Waals surface area contributed by atoms with Crippen LogP contribution in [0.2, 0.25) is 0 Å². The van der Waals surface area contributed by atoms with Crippen molar-refractivity contribution in [3.8, 4) is 23.2 Å². The second kappa shape index (κ2) is 12.5. The van der Waals surface area contributed by atoms with Crippen molar-refractivity contribution in [3.05, 3.63) is 40.5 Å². The number of halogens is 3. The number of anilines is 1. The van der Waals surface area contributed by atoms with E-state index in [1.165, 1.54) is 12.1 Å². The van der Waals surface area contributed by atoms with Crippen LogP contribution < -0.4 is 15.4 Å². The Morgan fingerprint density at radius 3 is 2.71 bits per heavy atom. The molecule has 0 radical (unpaired) electrons. The zero-order chi connectivity index (χ0) is 35.2. The van der Waals surface area contributed by atoms with Gasteiger partial charge in [-0.2, -0.15) is 15.2 Å². The van der Waals surface area contributed by atoms with E-state index in [4.69, 9.17) is 25.2 Å². The number of likely N-dealkylation sites (tertiary alicyclic amines) is 1. The van der Waals surface area contributed by atoms with E-state index in [9.17, 15) is 14.8 Å². The molecule has 4 saturated heterocycles. The maximum atomic E-state index is 17.7. The third-order valence-electron chi connectivity index (χ3n) is 12.4. The Morgan fingerprint density at radius 2 is 1.94 bits per heavy atom. The third kappa shape index (κ3) is 5.10. The molecule has 3 aromatic rings. The van der Waals surface area contributed by atoms with Gasteiger partial charge in [0.1, 0.15) is 35.3 Å². The summed E-state index contributed by atoms with van der Waals surface area (Å²) < 4.78 is 60.1. The average Bonchev–Trinajstić information content (AvgIpc) is 3.92. The molecule has 51 heavy (non-hydrogen) atoms. The maximum Gasteiger partial charge on any atom is 0.319 e. The molecule has 2 aromatic carbocycles. The number of nitriles is 1. The first-order valence-corrected chi connectivity index (χ1v) is 19.0. The predicted molar refractivity (Wildman–Crippen MR) is 186 cm³/mol. The van der Waals surface area contributed by atoms with E-state index < -0.39 is 34.1 Å². The molecule has 3 N–H and O–H groups in total. The number of alkyl halides is 1. The van der Waals surface area contributed by atoms with Crippen LogP contribution in [0.3, 0.4) is 0 Å². The van der Waals surface area contributed by atoms with Crippen molar-refractivity contribution in [1.82, 2.24) is 19.8 Å². The Hall–Kier alpha value is -3.19. The monoisotopic (exact) mass is 721 g/mol. The number of nitrogens with zero attached hydrogens (tertiary/aromatic N) is 6. The van der Waals surface area contributed by atoms with E-state index in [2.05, 4.69) is 20.8 Å². The summed E-state index contributed by atoms with van der Waals surface area (Å²) in [6, 6.07) is 5.43. The lowest BCUT2D eigenvalue weighted by Gasteiger charge is -2.42. The first-order valence-electron chi connectivity index (χ1n) is 18.1. The lowest BCUT2D eigenvalue weighted by atomic mass is 9.78. The van der Waals surface area contributed by atoms with Gasteiger partial charge in [-0.05, 0) is 73.9 Å². The number of fused-ring (bicyclic) bond motifs is 7. The number of piperazine rings is 1. The normalized spacial score (nSPS) is 31.4. The molecule has 0 aliphatic carbocycles. The molecule has 6 aliphatic heterocycles. The fourth-order valence-corrected chi connectivity index (χ4v) is 11.2. The zero-order valence-electron chi connectivity index (χ0n) is 28.6. The fraction of sp³-hybridized carbons (Fsp3) is 0.595. The van der Waals surface area contributed by atoms with E-state index in [0.717, 1.165) is 69.2 Å². The van der Waals surface area contributed by atoms with Gasteiger partial charge in [0.05, 0.1) is 40.5 Å². The van der Waals surface area contributed by atoms with E-state index >= 15 is 8.78 Å². The fourth-order valence-electron chi connectivity index (χ4n) is 9.89. The van der Waals surface area contributed by atoms with Gasteiger partial charge in [0.2, 0.25) is 0 Å². The van der Waals surface area contributed by atoms with Crippen LogP contribution in [0.25, 0.3) is 22.0 Å². The van der Waals surface area contributed by atoms with Crippen molar-refractivity contribution in [2.45, 2.75) is 98.1 Å². The minimum atomic E-state index is -1.27. The molecule has 4 fully saturated rings. The summed E-state index contributed by atoms with van der Waals surface area (Å²) in [5.74, 6) is -0.503. The first-order chi connectivity index (χ1) is 24.7. The zero-order valence-corrected chi connectivity index (χ0v) is 29.5. The van der Waals surface area contributed by atoms with Crippen molar-refractivity contribution < 1.29 is 27.8 Å². The summed E-state index contributed by atoms with van der Waals surface area (Å²) >= 11 is 1.09. The van der Waals surface area contributed by atoms with Crippen LogP contribution in [0.5, 0.6) is 6.01 Å². The van der Waals surface area contributed by atoms with Gasteiger partial charge in [0.25, 0.3) is 0 Å². The second-order valence-corrected chi connectivity index (χ2v) is 16.5. The van der Waals surface area contributed by atoms with Gasteiger partial charge in [-0.1, -0.05) is 6.07 Å². The molecule has 2 bridgehead atoms. The van der Waals surface area contributed by atoms with Crippen LogP contribution in [-0.2, 0) is 23.4 Å². The van der Waals surface area contributed by atoms with E-state index in [1.54, 1.807) is 6.92 Å². The first kappa shape index (κ1) is 33.6. The summed E-state index contributed by atoms with van der Waals surface area (Å²) in [5, 5.41) is 19.7. The van der Waals surface area contributed by atoms with Gasteiger partial charge < -0.3 is 25.2 Å². The highest BCUT2D eigenvalue weighted by Gasteiger charge is 2.50. The van der Waals surface area contributed by atoms with Gasteiger partial charge >= 0.3 is 6.01 Å². The van der Waals surface area contributed by atoms with Gasteiger partial charge in [-0.15, -0.1) is 11.8 Å². The van der Waals surface area contributed by atoms with Crippen molar-refractivity contribution in [1.29, 1.82) is 5.26 Å². The average molecular weight is 722 g/mol. The molecule has 6 aliphatic rings. The van der Waals surface area contributed by atoms with E-state index in [-0.39, 0.29) is 60.5 Å². The van der Waals surface area contributed by atoms with Crippen LogP contribution in [0.15, 0.2) is 17.0 Å². The standard InChI is InChI=1S/C37H42F3N7O3S/c1-36(18-41)29-23(6-7-26(39)32(29)51-34(36)42)27-24-16-49-17-25(24)28-31(30(27)40)43-35(50-19-37-8-2-10-46(37)13-20(38)12-37)44-33(28)47-21-4-5-22(47)15-45(14-21)9-3-11-48/h6-7,20-22,34,48H,2-5,8-17,19,42H2,1H3/t20-,21?,22?,34?,36?,37+/m1/s1. The lowest BCUT2D eigenvalue weighted by Crippen LogP contribution is -2.54. The molecular weight excluding hydrogens is 680 g/mol. The van der Waals surface area contributed by atoms with Crippen LogP contribution in [0.4, 0.5) is 19.0 Å². The molecule has 6 atom stereocenters. The van der Waals surface area contributed by atoms with Crippen molar-refractivity contribution in [2.24, 2.45) is 5.73 Å². The molecule has 0 amide bonds. The Kier molecular flexibility index (Phi) is 8.21. The van der Waals surface area contributed by atoms with Gasteiger partial charge in [0.15, 0.2) is 5.82 Å². The van der Waals surface area contributed by atoms with Crippen LogP contribution in [-0.4, -0.2) is 100.0 Å². The van der Waals surface area contributed by atoms with Crippen LogP contribution >= 0.6 is 11.8 Å². The Morgan fingerprint density at radius 1 is 1.16 bits per heavy atom. The molecule has 7 heterocycles. The Labute approximate surface area is 299 Å².